The molecule has 0 aromatic heterocycles. The maximum Gasteiger partial charge on any atom is 0.228 e. The van der Waals surface area contributed by atoms with E-state index in [1.54, 1.807) is 0 Å². The van der Waals surface area contributed by atoms with Crippen LogP contribution in [0.1, 0.15) is 66.7 Å². The third-order valence-corrected chi connectivity index (χ3v) is 5.30. The maximum atomic E-state index is 12.8. The summed E-state index contributed by atoms with van der Waals surface area (Å²) in [4.78, 5) is 29.1. The first-order valence-corrected chi connectivity index (χ1v) is 8.92. The second-order valence-electron chi connectivity index (χ2n) is 7.79. The Labute approximate surface area is 135 Å². The van der Waals surface area contributed by atoms with Crippen LogP contribution in [-0.2, 0) is 9.59 Å². The molecule has 0 N–H and O–H groups in total. The highest BCUT2D eigenvalue weighted by molar-refractivity contribution is 5.89. The minimum absolute atomic E-state index is 0.142. The largest absolute Gasteiger partial charge is 0.339 e. The van der Waals surface area contributed by atoms with Crippen LogP contribution in [0.5, 0.6) is 0 Å². The number of amides is 2. The smallest absolute Gasteiger partial charge is 0.228 e. The number of carbonyl (C=O) groups is 2. The third-order valence-electron chi connectivity index (χ3n) is 5.30. The Bertz CT molecular complexity index is 403. The Hall–Kier alpha value is -1.06. The van der Waals surface area contributed by atoms with Gasteiger partial charge in [-0.3, -0.25) is 9.59 Å². The van der Waals surface area contributed by atoms with Gasteiger partial charge in [0, 0.05) is 31.1 Å². The van der Waals surface area contributed by atoms with Crippen LogP contribution in [-0.4, -0.2) is 46.3 Å². The van der Waals surface area contributed by atoms with Gasteiger partial charge in [0.1, 0.15) is 0 Å². The molecule has 1 atom stereocenters. The van der Waals surface area contributed by atoms with E-state index in [1.165, 1.54) is 12.8 Å². The molecule has 2 fully saturated rings. The van der Waals surface area contributed by atoms with Gasteiger partial charge in [0.05, 0.1) is 5.92 Å². The van der Waals surface area contributed by atoms with Crippen LogP contribution in [0.3, 0.4) is 0 Å². The summed E-state index contributed by atoms with van der Waals surface area (Å²) >= 11 is 0. The normalized spacial score (nSPS) is 29.5. The lowest BCUT2D eigenvalue weighted by molar-refractivity contribution is -0.139. The summed E-state index contributed by atoms with van der Waals surface area (Å²) in [5.41, 5.74) is 0. The molecule has 1 saturated carbocycles. The zero-order chi connectivity index (χ0) is 16.4. The number of carbonyl (C=O) groups excluding carboxylic acids is 2. The van der Waals surface area contributed by atoms with Gasteiger partial charge < -0.3 is 9.80 Å². The van der Waals surface area contributed by atoms with Crippen LogP contribution >= 0.6 is 0 Å². The minimum Gasteiger partial charge on any atom is -0.339 e. The van der Waals surface area contributed by atoms with E-state index in [9.17, 15) is 9.59 Å². The Morgan fingerprint density at radius 3 is 2.14 bits per heavy atom. The summed E-state index contributed by atoms with van der Waals surface area (Å²) < 4.78 is 0. The summed E-state index contributed by atoms with van der Waals surface area (Å²) in [6.45, 7) is 11.1. The molecule has 2 amide bonds. The highest BCUT2D eigenvalue weighted by Crippen LogP contribution is 2.32. The molecule has 1 aliphatic carbocycles. The van der Waals surface area contributed by atoms with Crippen LogP contribution in [0, 0.1) is 11.8 Å². The minimum atomic E-state index is -0.142. The van der Waals surface area contributed by atoms with Crippen molar-refractivity contribution in [3.8, 4) is 0 Å². The summed E-state index contributed by atoms with van der Waals surface area (Å²) in [7, 11) is 0. The van der Waals surface area contributed by atoms with Crippen LogP contribution < -0.4 is 0 Å². The SMILES string of the molecule is CC1CCC(N2C[C@@H](C(=O)N(C(C)C)C(C)C)CC2=O)CC1. The Morgan fingerprint density at radius 2 is 1.64 bits per heavy atom. The van der Waals surface area contributed by atoms with Gasteiger partial charge in [-0.1, -0.05) is 6.92 Å². The molecular formula is C18H32N2O2. The number of nitrogens with zero attached hydrogens (tertiary/aromatic N) is 2. The van der Waals surface area contributed by atoms with Crippen molar-refractivity contribution in [2.45, 2.75) is 84.8 Å². The summed E-state index contributed by atoms with van der Waals surface area (Å²) in [6.07, 6.45) is 5.02. The quantitative estimate of drug-likeness (QED) is 0.801. The molecule has 0 radical (unpaired) electrons. The van der Waals surface area contributed by atoms with Crippen LogP contribution in [0.2, 0.25) is 0 Å². The van der Waals surface area contributed by atoms with Crippen LogP contribution in [0.15, 0.2) is 0 Å². The lowest BCUT2D eigenvalue weighted by Crippen LogP contribution is -2.46. The monoisotopic (exact) mass is 308 g/mol. The van der Waals surface area contributed by atoms with E-state index in [2.05, 4.69) is 34.6 Å². The van der Waals surface area contributed by atoms with E-state index in [-0.39, 0.29) is 29.8 Å². The van der Waals surface area contributed by atoms with E-state index in [0.717, 1.165) is 18.8 Å². The van der Waals surface area contributed by atoms with Crippen molar-refractivity contribution in [1.82, 2.24) is 9.80 Å². The first-order valence-electron chi connectivity index (χ1n) is 8.92. The highest BCUT2D eigenvalue weighted by atomic mass is 16.2. The molecule has 1 heterocycles. The second-order valence-corrected chi connectivity index (χ2v) is 7.79. The first kappa shape index (κ1) is 17.3. The fraction of sp³-hybridized carbons (Fsp3) is 0.889. The molecule has 0 spiro atoms. The van der Waals surface area contributed by atoms with Gasteiger partial charge in [0.25, 0.3) is 0 Å². The second kappa shape index (κ2) is 7.01. The molecule has 1 aliphatic heterocycles. The van der Waals surface area contributed by atoms with Crippen molar-refractivity contribution < 1.29 is 9.59 Å². The van der Waals surface area contributed by atoms with Crippen molar-refractivity contribution in [1.29, 1.82) is 0 Å². The lowest BCUT2D eigenvalue weighted by Gasteiger charge is -2.35. The van der Waals surface area contributed by atoms with Crippen molar-refractivity contribution >= 4 is 11.8 Å². The van der Waals surface area contributed by atoms with Gasteiger partial charge in [0.2, 0.25) is 11.8 Å². The summed E-state index contributed by atoms with van der Waals surface area (Å²) in [6, 6.07) is 0.743. The fourth-order valence-electron chi connectivity index (χ4n) is 4.12. The van der Waals surface area contributed by atoms with E-state index >= 15 is 0 Å². The fourth-order valence-corrected chi connectivity index (χ4v) is 4.12. The molecule has 0 aromatic rings. The molecule has 4 heteroatoms. The Kier molecular flexibility index (Phi) is 5.51. The lowest BCUT2D eigenvalue weighted by atomic mass is 9.86. The summed E-state index contributed by atoms with van der Waals surface area (Å²) in [5.74, 6) is 0.982. The molecule has 1 saturated heterocycles. The number of hydrogen-bond donors (Lipinski definition) is 0. The first-order chi connectivity index (χ1) is 10.3. The zero-order valence-corrected chi connectivity index (χ0v) is 14.8. The van der Waals surface area contributed by atoms with Crippen molar-refractivity contribution in [3.63, 3.8) is 0 Å². The van der Waals surface area contributed by atoms with Gasteiger partial charge >= 0.3 is 0 Å². The summed E-state index contributed by atoms with van der Waals surface area (Å²) in [5, 5.41) is 0. The molecule has 126 valence electrons. The average Bonchev–Trinajstić information content (AvgIpc) is 2.81. The van der Waals surface area contributed by atoms with E-state index in [0.29, 0.717) is 19.0 Å². The Morgan fingerprint density at radius 1 is 1.09 bits per heavy atom. The van der Waals surface area contributed by atoms with Crippen LogP contribution in [0.25, 0.3) is 0 Å². The molecule has 22 heavy (non-hydrogen) atoms. The molecule has 4 nitrogen and oxygen atoms in total. The molecule has 2 rings (SSSR count). The predicted octanol–water partition coefficient (Wildman–Crippen LogP) is 3.06. The maximum absolute atomic E-state index is 12.8. The van der Waals surface area contributed by atoms with Gasteiger partial charge in [-0.2, -0.15) is 0 Å². The van der Waals surface area contributed by atoms with E-state index in [4.69, 9.17) is 0 Å². The van der Waals surface area contributed by atoms with Crippen LogP contribution in [0.4, 0.5) is 0 Å². The topological polar surface area (TPSA) is 40.6 Å². The van der Waals surface area contributed by atoms with Gasteiger partial charge in [-0.25, -0.2) is 0 Å². The van der Waals surface area contributed by atoms with E-state index in [1.807, 2.05) is 9.80 Å². The molecule has 0 aromatic carbocycles. The van der Waals surface area contributed by atoms with Crippen molar-refractivity contribution in [3.05, 3.63) is 0 Å². The standard InChI is InChI=1S/C18H32N2O2/c1-12(2)20(13(3)4)18(22)15-10-17(21)19(11-15)16-8-6-14(5)7-9-16/h12-16H,6-11H2,1-5H3/t14?,15-,16?/m0/s1. The molecular weight excluding hydrogens is 276 g/mol. The number of hydrogen-bond acceptors (Lipinski definition) is 2. The van der Waals surface area contributed by atoms with Gasteiger partial charge in [0.15, 0.2) is 0 Å². The van der Waals surface area contributed by atoms with Gasteiger partial charge in [-0.15, -0.1) is 0 Å². The highest BCUT2D eigenvalue weighted by Gasteiger charge is 2.40. The Balaban J connectivity index is 2.00. The predicted molar refractivity (Wildman–Crippen MR) is 88.4 cm³/mol. The van der Waals surface area contributed by atoms with Crippen molar-refractivity contribution in [2.75, 3.05) is 6.54 Å². The number of rotatable bonds is 4. The molecule has 0 unspecified atom stereocenters. The molecule has 0 bridgehead atoms. The number of likely N-dealkylation sites (tertiary alicyclic amines) is 1. The van der Waals surface area contributed by atoms with Crippen molar-refractivity contribution in [2.24, 2.45) is 11.8 Å². The molecule has 2 aliphatic rings. The third kappa shape index (κ3) is 3.64. The zero-order valence-electron chi connectivity index (χ0n) is 14.8. The van der Waals surface area contributed by atoms with Gasteiger partial charge in [-0.05, 0) is 59.3 Å². The van der Waals surface area contributed by atoms with E-state index < -0.39 is 0 Å². The average molecular weight is 308 g/mol.